The molecular weight excluding hydrogens is 196 g/mol. The van der Waals surface area contributed by atoms with Gasteiger partial charge in [-0.05, 0) is 18.4 Å². The third-order valence-electron chi connectivity index (χ3n) is 2.69. The minimum atomic E-state index is 0.893. The molecule has 0 fully saturated rings. The van der Waals surface area contributed by atoms with Gasteiger partial charge in [-0.15, -0.1) is 0 Å². The Balaban J connectivity index is 3.09. The minimum absolute atomic E-state index is 0.893. The molecule has 0 heterocycles. The van der Waals surface area contributed by atoms with E-state index in [1.807, 2.05) is 30.3 Å². The molecule has 1 aromatic rings. The van der Waals surface area contributed by atoms with Crippen molar-refractivity contribution >= 4 is 11.9 Å². The number of carbonyl (C=O) groups excluding carboxylic acids is 1. The lowest BCUT2D eigenvalue weighted by atomic mass is 9.95. The lowest BCUT2D eigenvalue weighted by molar-refractivity contribution is -0.103. The second kappa shape index (κ2) is 7.00. The summed E-state index contributed by atoms with van der Waals surface area (Å²) in [5, 5.41) is 0. The minimum Gasteiger partial charge on any atom is -0.298 e. The normalized spacial score (nSPS) is 9.88. The first-order chi connectivity index (χ1) is 7.83. The molecule has 0 bridgehead atoms. The molecule has 0 saturated carbocycles. The molecule has 0 aliphatic rings. The van der Waals surface area contributed by atoms with Gasteiger partial charge in [-0.25, -0.2) is 0 Å². The molecule has 0 aliphatic carbocycles. The summed E-state index contributed by atoms with van der Waals surface area (Å²) in [6.07, 6.45) is 5.25. The van der Waals surface area contributed by atoms with Gasteiger partial charge in [-0.1, -0.05) is 62.6 Å². The van der Waals surface area contributed by atoms with Crippen LogP contribution in [0.25, 0.3) is 5.57 Å². The number of benzene rings is 1. The van der Waals surface area contributed by atoms with Gasteiger partial charge in [-0.3, -0.25) is 4.79 Å². The van der Waals surface area contributed by atoms with E-state index in [2.05, 4.69) is 13.8 Å². The molecule has 0 unspecified atom stereocenters. The van der Waals surface area contributed by atoms with Crippen molar-refractivity contribution in [2.24, 2.45) is 0 Å². The fourth-order valence-corrected chi connectivity index (χ4v) is 1.97. The molecule has 0 saturated heterocycles. The summed E-state index contributed by atoms with van der Waals surface area (Å²) in [5.41, 5.74) is 3.24. The Bertz CT molecular complexity index is 341. The number of carbonyl (C=O) groups is 1. The van der Waals surface area contributed by atoms with E-state index >= 15 is 0 Å². The maximum absolute atomic E-state index is 11.2. The van der Waals surface area contributed by atoms with Crippen molar-refractivity contribution in [1.29, 1.82) is 0 Å². The van der Waals surface area contributed by atoms with E-state index in [1.54, 1.807) is 0 Å². The zero-order valence-corrected chi connectivity index (χ0v) is 10.2. The molecule has 0 amide bonds. The highest BCUT2D eigenvalue weighted by molar-refractivity contribution is 6.08. The summed E-state index contributed by atoms with van der Waals surface area (Å²) in [4.78, 5) is 11.2. The predicted molar refractivity (Wildman–Crippen MR) is 69.2 cm³/mol. The van der Waals surface area contributed by atoms with Crippen LogP contribution in [0.3, 0.4) is 0 Å². The highest BCUT2D eigenvalue weighted by Crippen LogP contribution is 2.23. The molecule has 1 aromatic carbocycles. The SMILES string of the molecule is CCCC(CCC)=C(C=O)c1ccccc1. The van der Waals surface area contributed by atoms with Crippen LogP contribution >= 0.6 is 0 Å². The van der Waals surface area contributed by atoms with E-state index in [9.17, 15) is 4.79 Å². The van der Waals surface area contributed by atoms with Crippen molar-refractivity contribution < 1.29 is 4.79 Å². The first-order valence-corrected chi connectivity index (χ1v) is 6.06. The van der Waals surface area contributed by atoms with Crippen LogP contribution in [0.1, 0.15) is 45.1 Å². The van der Waals surface area contributed by atoms with E-state index in [4.69, 9.17) is 0 Å². The Morgan fingerprint density at radius 2 is 1.62 bits per heavy atom. The Labute approximate surface area is 98.2 Å². The van der Waals surface area contributed by atoms with Crippen LogP contribution < -0.4 is 0 Å². The van der Waals surface area contributed by atoms with Gasteiger partial charge in [0.2, 0.25) is 0 Å². The first kappa shape index (κ1) is 12.7. The average Bonchev–Trinajstić information content (AvgIpc) is 2.32. The van der Waals surface area contributed by atoms with E-state index in [0.717, 1.165) is 43.1 Å². The summed E-state index contributed by atoms with van der Waals surface area (Å²) in [7, 11) is 0. The lowest BCUT2D eigenvalue weighted by Gasteiger charge is -2.10. The molecular formula is C15H20O. The topological polar surface area (TPSA) is 17.1 Å². The van der Waals surface area contributed by atoms with E-state index < -0.39 is 0 Å². The van der Waals surface area contributed by atoms with Gasteiger partial charge in [-0.2, -0.15) is 0 Å². The van der Waals surface area contributed by atoms with Gasteiger partial charge < -0.3 is 0 Å². The molecule has 0 radical (unpaired) electrons. The van der Waals surface area contributed by atoms with Crippen molar-refractivity contribution in [3.8, 4) is 0 Å². The monoisotopic (exact) mass is 216 g/mol. The third kappa shape index (κ3) is 3.34. The van der Waals surface area contributed by atoms with Gasteiger partial charge in [0.15, 0.2) is 6.29 Å². The molecule has 16 heavy (non-hydrogen) atoms. The van der Waals surface area contributed by atoms with E-state index in [1.165, 1.54) is 5.57 Å². The molecule has 86 valence electrons. The Morgan fingerprint density at radius 1 is 1.06 bits per heavy atom. The number of hydrogen-bond acceptors (Lipinski definition) is 1. The second-order valence-corrected chi connectivity index (χ2v) is 4.00. The second-order valence-electron chi connectivity index (χ2n) is 4.00. The Hall–Kier alpha value is -1.37. The quantitative estimate of drug-likeness (QED) is 0.513. The fourth-order valence-electron chi connectivity index (χ4n) is 1.97. The molecule has 0 aromatic heterocycles. The van der Waals surface area contributed by atoms with Crippen LogP contribution in [0.5, 0.6) is 0 Å². The van der Waals surface area contributed by atoms with Crippen molar-refractivity contribution in [3.05, 3.63) is 41.5 Å². The van der Waals surface area contributed by atoms with Crippen LogP contribution in [0.2, 0.25) is 0 Å². The van der Waals surface area contributed by atoms with E-state index in [0.29, 0.717) is 0 Å². The smallest absolute Gasteiger partial charge is 0.150 e. The van der Waals surface area contributed by atoms with Crippen LogP contribution in [0, 0.1) is 0 Å². The molecule has 0 N–H and O–H groups in total. The fraction of sp³-hybridized carbons (Fsp3) is 0.400. The zero-order valence-electron chi connectivity index (χ0n) is 10.2. The van der Waals surface area contributed by atoms with Crippen molar-refractivity contribution in [1.82, 2.24) is 0 Å². The van der Waals surface area contributed by atoms with E-state index in [-0.39, 0.29) is 0 Å². The number of hydrogen-bond donors (Lipinski definition) is 0. The molecule has 1 rings (SSSR count). The van der Waals surface area contributed by atoms with Crippen LogP contribution in [-0.2, 0) is 4.79 Å². The number of allylic oxidation sites excluding steroid dienone is 2. The standard InChI is InChI=1S/C15H20O/c1-3-8-13(9-4-2)15(12-16)14-10-6-5-7-11-14/h5-7,10-12H,3-4,8-9H2,1-2H3. The van der Waals surface area contributed by atoms with Crippen LogP contribution in [-0.4, -0.2) is 6.29 Å². The zero-order chi connectivity index (χ0) is 11.8. The average molecular weight is 216 g/mol. The van der Waals surface area contributed by atoms with Crippen molar-refractivity contribution in [2.45, 2.75) is 39.5 Å². The lowest BCUT2D eigenvalue weighted by Crippen LogP contribution is -1.94. The summed E-state index contributed by atoms with van der Waals surface area (Å²) >= 11 is 0. The van der Waals surface area contributed by atoms with Gasteiger partial charge in [0.25, 0.3) is 0 Å². The van der Waals surface area contributed by atoms with Gasteiger partial charge >= 0.3 is 0 Å². The highest BCUT2D eigenvalue weighted by Gasteiger charge is 2.06. The number of rotatable bonds is 6. The largest absolute Gasteiger partial charge is 0.298 e. The summed E-state index contributed by atoms with van der Waals surface area (Å²) < 4.78 is 0. The highest BCUT2D eigenvalue weighted by atomic mass is 16.1. The van der Waals surface area contributed by atoms with Gasteiger partial charge in [0, 0.05) is 5.57 Å². The third-order valence-corrected chi connectivity index (χ3v) is 2.69. The predicted octanol–water partition coefficient (Wildman–Crippen LogP) is 4.24. The molecule has 0 atom stereocenters. The van der Waals surface area contributed by atoms with Gasteiger partial charge in [0.1, 0.15) is 0 Å². The van der Waals surface area contributed by atoms with Gasteiger partial charge in [0.05, 0.1) is 0 Å². The molecule has 0 aliphatic heterocycles. The molecule has 1 heteroatoms. The Morgan fingerprint density at radius 3 is 2.06 bits per heavy atom. The first-order valence-electron chi connectivity index (χ1n) is 6.06. The molecule has 0 spiro atoms. The Kier molecular flexibility index (Phi) is 5.55. The summed E-state index contributed by atoms with van der Waals surface area (Å²) in [6.45, 7) is 4.31. The maximum atomic E-state index is 11.2. The van der Waals surface area contributed by atoms with Crippen molar-refractivity contribution in [2.75, 3.05) is 0 Å². The summed E-state index contributed by atoms with van der Waals surface area (Å²) in [5.74, 6) is 0. The van der Waals surface area contributed by atoms with Crippen LogP contribution in [0.4, 0.5) is 0 Å². The maximum Gasteiger partial charge on any atom is 0.150 e. The number of aldehydes is 1. The molecule has 1 nitrogen and oxygen atoms in total. The van der Waals surface area contributed by atoms with Crippen LogP contribution in [0.15, 0.2) is 35.9 Å². The summed E-state index contributed by atoms with van der Waals surface area (Å²) in [6, 6.07) is 9.96. The van der Waals surface area contributed by atoms with Crippen molar-refractivity contribution in [3.63, 3.8) is 0 Å².